The van der Waals surface area contributed by atoms with E-state index in [1.165, 1.54) is 28.4 Å². The number of thiazole rings is 1. The van der Waals surface area contributed by atoms with Crippen LogP contribution < -0.4 is 14.8 Å². The second-order valence-electron chi connectivity index (χ2n) is 6.26. The molecule has 0 aliphatic carbocycles. The number of thioether (sulfide) groups is 2. The zero-order chi connectivity index (χ0) is 20.2. The predicted octanol–water partition coefficient (Wildman–Crippen LogP) is 5.56. The van der Waals surface area contributed by atoms with Gasteiger partial charge in [0.2, 0.25) is 0 Å². The van der Waals surface area contributed by atoms with Gasteiger partial charge in [0.1, 0.15) is 0 Å². The van der Waals surface area contributed by atoms with Crippen LogP contribution in [0, 0.1) is 0 Å². The number of nitrogens with one attached hydrogen (secondary N) is 1. The molecule has 29 heavy (non-hydrogen) atoms. The molecule has 150 valence electrons. The van der Waals surface area contributed by atoms with Crippen LogP contribution in [-0.4, -0.2) is 36.6 Å². The van der Waals surface area contributed by atoms with Gasteiger partial charge in [0, 0.05) is 28.0 Å². The minimum absolute atomic E-state index is 0.156. The van der Waals surface area contributed by atoms with Crippen LogP contribution in [0.1, 0.15) is 20.5 Å². The van der Waals surface area contributed by atoms with Crippen molar-refractivity contribution in [2.45, 2.75) is 4.58 Å². The molecule has 0 saturated carbocycles. The number of methoxy groups -OCH3 is 2. The fourth-order valence-electron chi connectivity index (χ4n) is 2.97. The van der Waals surface area contributed by atoms with Crippen molar-refractivity contribution in [3.63, 3.8) is 0 Å². The van der Waals surface area contributed by atoms with Gasteiger partial charge in [-0.2, -0.15) is 0 Å². The number of carbonyl (C=O) groups is 1. The second-order valence-corrected chi connectivity index (χ2v) is 9.84. The van der Waals surface area contributed by atoms with Crippen LogP contribution in [0.4, 0.5) is 5.13 Å². The number of ether oxygens (including phenoxy) is 2. The van der Waals surface area contributed by atoms with E-state index in [1.54, 1.807) is 14.2 Å². The Bertz CT molecular complexity index is 999. The third-order valence-electron chi connectivity index (χ3n) is 4.47. The SMILES string of the molecule is COc1ccc(-c2csc(NC(=O)c3ccc(C4SCCS4)cc3)n2)cc1OC. The molecule has 1 aliphatic rings. The molecule has 3 aromatic rings. The topological polar surface area (TPSA) is 60.5 Å². The van der Waals surface area contributed by atoms with Gasteiger partial charge >= 0.3 is 0 Å². The van der Waals surface area contributed by atoms with Gasteiger partial charge in [-0.25, -0.2) is 4.98 Å². The molecular weight excluding hydrogens is 424 g/mol. The number of benzene rings is 2. The number of carbonyl (C=O) groups excluding carboxylic acids is 1. The molecule has 8 heteroatoms. The first-order valence-electron chi connectivity index (χ1n) is 9.00. The van der Waals surface area contributed by atoms with Gasteiger partial charge in [0.15, 0.2) is 16.6 Å². The number of hydrogen-bond donors (Lipinski definition) is 1. The average molecular weight is 445 g/mol. The Morgan fingerprint density at radius 3 is 2.45 bits per heavy atom. The molecule has 2 aromatic carbocycles. The summed E-state index contributed by atoms with van der Waals surface area (Å²) in [5.41, 5.74) is 3.57. The molecule has 0 radical (unpaired) electrons. The smallest absolute Gasteiger partial charge is 0.257 e. The maximum Gasteiger partial charge on any atom is 0.257 e. The van der Waals surface area contributed by atoms with Crippen molar-refractivity contribution >= 4 is 45.9 Å². The molecule has 1 saturated heterocycles. The Balaban J connectivity index is 1.45. The summed E-state index contributed by atoms with van der Waals surface area (Å²) in [6.45, 7) is 0. The van der Waals surface area contributed by atoms with Crippen molar-refractivity contribution in [1.82, 2.24) is 4.98 Å². The number of anilines is 1. The number of amides is 1. The lowest BCUT2D eigenvalue weighted by Crippen LogP contribution is -2.11. The number of hydrogen-bond acceptors (Lipinski definition) is 7. The first kappa shape index (κ1) is 20.1. The predicted molar refractivity (Wildman–Crippen MR) is 123 cm³/mol. The van der Waals surface area contributed by atoms with Crippen LogP contribution in [0.2, 0.25) is 0 Å². The maximum absolute atomic E-state index is 12.6. The van der Waals surface area contributed by atoms with Crippen LogP contribution in [-0.2, 0) is 0 Å². The lowest BCUT2D eigenvalue weighted by atomic mass is 10.1. The largest absolute Gasteiger partial charge is 0.493 e. The molecule has 4 rings (SSSR count). The summed E-state index contributed by atoms with van der Waals surface area (Å²) < 4.78 is 11.1. The lowest BCUT2D eigenvalue weighted by molar-refractivity contribution is 0.102. The second kappa shape index (κ2) is 9.11. The van der Waals surface area contributed by atoms with Crippen molar-refractivity contribution < 1.29 is 14.3 Å². The molecule has 0 unspecified atom stereocenters. The Morgan fingerprint density at radius 2 is 1.76 bits per heavy atom. The minimum atomic E-state index is -0.156. The van der Waals surface area contributed by atoms with Gasteiger partial charge in [-0.15, -0.1) is 34.9 Å². The molecule has 1 amide bonds. The third kappa shape index (κ3) is 4.55. The standard InChI is InChI=1S/C21H20N2O3S3/c1-25-17-8-7-15(11-18(17)26-2)16-12-29-21(22-16)23-19(24)13-3-5-14(6-4-13)20-27-9-10-28-20/h3-8,11-12,20H,9-10H2,1-2H3,(H,22,23,24). The summed E-state index contributed by atoms with van der Waals surface area (Å²) in [6, 6.07) is 13.5. The Morgan fingerprint density at radius 1 is 1.03 bits per heavy atom. The fourth-order valence-corrected chi connectivity index (χ4v) is 6.55. The van der Waals surface area contributed by atoms with E-state index in [-0.39, 0.29) is 5.91 Å². The molecular formula is C21H20N2O3S3. The zero-order valence-corrected chi connectivity index (χ0v) is 18.5. The van der Waals surface area contributed by atoms with Crippen LogP contribution in [0.15, 0.2) is 47.8 Å². The van der Waals surface area contributed by atoms with Gasteiger partial charge in [0.05, 0.1) is 24.5 Å². The highest BCUT2D eigenvalue weighted by atomic mass is 32.2. The first-order chi connectivity index (χ1) is 14.2. The van der Waals surface area contributed by atoms with Crippen molar-refractivity contribution in [2.24, 2.45) is 0 Å². The van der Waals surface area contributed by atoms with Crippen LogP contribution >= 0.6 is 34.9 Å². The van der Waals surface area contributed by atoms with E-state index in [0.29, 0.717) is 26.8 Å². The Labute approximate surface area is 182 Å². The van der Waals surface area contributed by atoms with Crippen LogP contribution in [0.25, 0.3) is 11.3 Å². The van der Waals surface area contributed by atoms with E-state index in [9.17, 15) is 4.79 Å². The van der Waals surface area contributed by atoms with E-state index < -0.39 is 0 Å². The lowest BCUT2D eigenvalue weighted by Gasteiger charge is -2.09. The quantitative estimate of drug-likeness (QED) is 0.537. The van der Waals surface area contributed by atoms with E-state index in [4.69, 9.17) is 9.47 Å². The summed E-state index contributed by atoms with van der Waals surface area (Å²) in [6.07, 6.45) is 0. The molecule has 2 heterocycles. The Kier molecular flexibility index (Phi) is 6.32. The van der Waals surface area contributed by atoms with Gasteiger partial charge < -0.3 is 9.47 Å². The number of nitrogens with zero attached hydrogens (tertiary/aromatic N) is 1. The molecule has 1 fully saturated rings. The molecule has 1 aliphatic heterocycles. The number of rotatable bonds is 6. The van der Waals surface area contributed by atoms with E-state index in [0.717, 1.165) is 11.3 Å². The summed E-state index contributed by atoms with van der Waals surface area (Å²) in [5, 5.41) is 5.36. The first-order valence-corrected chi connectivity index (χ1v) is 12.0. The highest BCUT2D eigenvalue weighted by Crippen LogP contribution is 2.45. The monoisotopic (exact) mass is 444 g/mol. The summed E-state index contributed by atoms with van der Waals surface area (Å²) in [5.74, 6) is 3.52. The summed E-state index contributed by atoms with van der Waals surface area (Å²) >= 11 is 5.30. The van der Waals surface area contributed by atoms with Gasteiger partial charge in [-0.3, -0.25) is 10.1 Å². The highest BCUT2D eigenvalue weighted by Gasteiger charge is 2.19. The van der Waals surface area contributed by atoms with Crippen LogP contribution in [0.5, 0.6) is 11.5 Å². The van der Waals surface area contributed by atoms with Crippen LogP contribution in [0.3, 0.4) is 0 Å². The van der Waals surface area contributed by atoms with Crippen molar-refractivity contribution in [3.05, 3.63) is 59.0 Å². The van der Waals surface area contributed by atoms with Crippen molar-refractivity contribution in [3.8, 4) is 22.8 Å². The molecule has 0 atom stereocenters. The minimum Gasteiger partial charge on any atom is -0.493 e. The highest BCUT2D eigenvalue weighted by molar-refractivity contribution is 8.19. The third-order valence-corrected chi connectivity index (χ3v) is 8.33. The van der Waals surface area contributed by atoms with E-state index in [2.05, 4.69) is 10.3 Å². The summed E-state index contributed by atoms with van der Waals surface area (Å²) in [4.78, 5) is 17.1. The van der Waals surface area contributed by atoms with Crippen molar-refractivity contribution in [1.29, 1.82) is 0 Å². The molecule has 5 nitrogen and oxygen atoms in total. The molecule has 0 bridgehead atoms. The van der Waals surface area contributed by atoms with Gasteiger partial charge in [0.25, 0.3) is 5.91 Å². The van der Waals surface area contributed by atoms with Gasteiger partial charge in [-0.1, -0.05) is 12.1 Å². The molecule has 1 aromatic heterocycles. The number of aromatic nitrogens is 1. The molecule has 0 spiro atoms. The molecule has 1 N–H and O–H groups in total. The van der Waals surface area contributed by atoms with E-state index >= 15 is 0 Å². The maximum atomic E-state index is 12.6. The average Bonchev–Trinajstić information content (AvgIpc) is 3.46. The normalized spacial score (nSPS) is 14.0. The van der Waals surface area contributed by atoms with Crippen molar-refractivity contribution in [2.75, 3.05) is 31.0 Å². The van der Waals surface area contributed by atoms with Gasteiger partial charge in [-0.05, 0) is 35.9 Å². The fraction of sp³-hybridized carbons (Fsp3) is 0.238. The van der Waals surface area contributed by atoms with E-state index in [1.807, 2.05) is 71.4 Å². The zero-order valence-electron chi connectivity index (χ0n) is 16.0. The summed E-state index contributed by atoms with van der Waals surface area (Å²) in [7, 11) is 3.20. The Hall–Kier alpha value is -2.16.